The Morgan fingerprint density at radius 3 is 2.60 bits per heavy atom. The number of hydrogen-bond acceptors (Lipinski definition) is 1. The molecule has 2 rings (SSSR count). The van der Waals surface area contributed by atoms with Crippen molar-refractivity contribution in [2.45, 2.75) is 6.54 Å². The standard InChI is InChI=1S/C12H12N2.H2S/c1-2-12-9-14(10-13-12)8-11-6-4-3-5-7-11;/h2-7,9-10H,1,8H2;1H2. The van der Waals surface area contributed by atoms with Crippen LogP contribution >= 0.6 is 13.5 Å². The fourth-order valence-electron chi connectivity index (χ4n) is 1.36. The van der Waals surface area contributed by atoms with Gasteiger partial charge < -0.3 is 4.57 Å². The van der Waals surface area contributed by atoms with Crippen LogP contribution in [0.3, 0.4) is 0 Å². The summed E-state index contributed by atoms with van der Waals surface area (Å²) in [6.07, 6.45) is 5.56. The van der Waals surface area contributed by atoms with Gasteiger partial charge in [0.15, 0.2) is 0 Å². The van der Waals surface area contributed by atoms with E-state index < -0.39 is 0 Å². The lowest BCUT2D eigenvalue weighted by Gasteiger charge is -2.00. The molecule has 0 saturated heterocycles. The number of rotatable bonds is 3. The van der Waals surface area contributed by atoms with Crippen molar-refractivity contribution in [2.75, 3.05) is 0 Å². The van der Waals surface area contributed by atoms with Gasteiger partial charge in [0.2, 0.25) is 0 Å². The van der Waals surface area contributed by atoms with Gasteiger partial charge in [0.25, 0.3) is 0 Å². The van der Waals surface area contributed by atoms with Crippen LogP contribution in [0.1, 0.15) is 11.3 Å². The van der Waals surface area contributed by atoms with Crippen molar-refractivity contribution < 1.29 is 0 Å². The molecule has 2 aromatic rings. The quantitative estimate of drug-likeness (QED) is 0.774. The lowest BCUT2D eigenvalue weighted by molar-refractivity contribution is 0.797. The third-order valence-electron chi connectivity index (χ3n) is 2.07. The molecule has 0 atom stereocenters. The molecule has 3 heteroatoms. The van der Waals surface area contributed by atoms with E-state index in [0.29, 0.717) is 0 Å². The summed E-state index contributed by atoms with van der Waals surface area (Å²) in [5.41, 5.74) is 2.20. The third-order valence-corrected chi connectivity index (χ3v) is 2.07. The van der Waals surface area contributed by atoms with Crippen LogP contribution in [0.4, 0.5) is 0 Å². The molecule has 0 radical (unpaired) electrons. The molecule has 0 aliphatic carbocycles. The summed E-state index contributed by atoms with van der Waals surface area (Å²) in [6, 6.07) is 10.3. The van der Waals surface area contributed by atoms with Crippen molar-refractivity contribution in [3.63, 3.8) is 0 Å². The number of imidazole rings is 1. The monoisotopic (exact) mass is 218 g/mol. The van der Waals surface area contributed by atoms with Crippen LogP contribution in [0.5, 0.6) is 0 Å². The zero-order valence-electron chi connectivity index (χ0n) is 8.43. The summed E-state index contributed by atoms with van der Waals surface area (Å²) in [7, 11) is 0. The molecule has 0 aliphatic heterocycles. The zero-order valence-corrected chi connectivity index (χ0v) is 9.43. The fourth-order valence-corrected chi connectivity index (χ4v) is 1.36. The van der Waals surface area contributed by atoms with E-state index >= 15 is 0 Å². The molecule has 0 saturated carbocycles. The van der Waals surface area contributed by atoms with Gasteiger partial charge in [-0.25, -0.2) is 4.98 Å². The van der Waals surface area contributed by atoms with E-state index in [0.717, 1.165) is 12.2 Å². The second kappa shape index (κ2) is 5.41. The average Bonchev–Trinajstić information content (AvgIpc) is 2.67. The maximum Gasteiger partial charge on any atom is 0.0956 e. The highest BCUT2D eigenvalue weighted by atomic mass is 32.1. The van der Waals surface area contributed by atoms with E-state index in [4.69, 9.17) is 0 Å². The summed E-state index contributed by atoms with van der Waals surface area (Å²) < 4.78 is 2.05. The SMILES string of the molecule is C=Cc1cn(Cc2ccccc2)cn1.S. The summed E-state index contributed by atoms with van der Waals surface area (Å²) in [5, 5.41) is 0. The van der Waals surface area contributed by atoms with Gasteiger partial charge in [-0.2, -0.15) is 13.5 Å². The first-order valence-electron chi connectivity index (χ1n) is 4.56. The Morgan fingerprint density at radius 2 is 2.00 bits per heavy atom. The van der Waals surface area contributed by atoms with Crippen molar-refractivity contribution in [3.8, 4) is 0 Å². The molecule has 1 heterocycles. The number of aromatic nitrogens is 2. The molecule has 1 aromatic carbocycles. The minimum atomic E-state index is 0. The van der Waals surface area contributed by atoms with E-state index in [9.17, 15) is 0 Å². The summed E-state index contributed by atoms with van der Waals surface area (Å²) >= 11 is 0. The van der Waals surface area contributed by atoms with Crippen molar-refractivity contribution in [3.05, 3.63) is 60.7 Å². The highest BCUT2D eigenvalue weighted by Gasteiger charge is 1.95. The topological polar surface area (TPSA) is 17.8 Å². The highest BCUT2D eigenvalue weighted by molar-refractivity contribution is 7.59. The molecule has 78 valence electrons. The average molecular weight is 218 g/mol. The van der Waals surface area contributed by atoms with Crippen LogP contribution in [-0.4, -0.2) is 9.55 Å². The molecule has 0 unspecified atom stereocenters. The Kier molecular flexibility index (Phi) is 4.18. The van der Waals surface area contributed by atoms with E-state index in [1.165, 1.54) is 5.56 Å². The van der Waals surface area contributed by atoms with E-state index in [1.807, 2.05) is 35.3 Å². The highest BCUT2D eigenvalue weighted by Crippen LogP contribution is 2.04. The van der Waals surface area contributed by atoms with Crippen molar-refractivity contribution in [2.24, 2.45) is 0 Å². The number of nitrogens with zero attached hydrogens (tertiary/aromatic N) is 2. The first kappa shape index (κ1) is 11.6. The lowest BCUT2D eigenvalue weighted by Crippen LogP contribution is -1.95. The van der Waals surface area contributed by atoms with Crippen LogP contribution < -0.4 is 0 Å². The smallest absolute Gasteiger partial charge is 0.0956 e. The molecule has 0 amide bonds. The Balaban J connectivity index is 0.00000112. The predicted octanol–water partition coefficient (Wildman–Crippen LogP) is 2.69. The Labute approximate surface area is 96.7 Å². The molecular formula is C12H14N2S. The van der Waals surface area contributed by atoms with Crippen LogP contribution in [0.25, 0.3) is 6.08 Å². The second-order valence-electron chi connectivity index (χ2n) is 3.16. The van der Waals surface area contributed by atoms with Crippen LogP contribution in [0.2, 0.25) is 0 Å². The number of benzene rings is 1. The van der Waals surface area contributed by atoms with Gasteiger partial charge in [0.05, 0.1) is 12.0 Å². The van der Waals surface area contributed by atoms with E-state index in [-0.39, 0.29) is 13.5 Å². The molecule has 2 nitrogen and oxygen atoms in total. The van der Waals surface area contributed by atoms with Crippen molar-refractivity contribution >= 4 is 19.6 Å². The van der Waals surface area contributed by atoms with E-state index in [1.54, 1.807) is 6.08 Å². The van der Waals surface area contributed by atoms with Crippen LogP contribution in [0, 0.1) is 0 Å². The van der Waals surface area contributed by atoms with E-state index in [2.05, 4.69) is 23.7 Å². The maximum atomic E-state index is 4.18. The van der Waals surface area contributed by atoms with Gasteiger partial charge in [-0.15, -0.1) is 0 Å². The first-order valence-corrected chi connectivity index (χ1v) is 4.56. The molecule has 0 bridgehead atoms. The maximum absolute atomic E-state index is 4.18. The Morgan fingerprint density at radius 1 is 1.27 bits per heavy atom. The van der Waals surface area contributed by atoms with Gasteiger partial charge in [0.1, 0.15) is 0 Å². The van der Waals surface area contributed by atoms with Gasteiger partial charge in [-0.3, -0.25) is 0 Å². The minimum absolute atomic E-state index is 0. The Bertz CT molecular complexity index is 420. The number of hydrogen-bond donors (Lipinski definition) is 0. The largest absolute Gasteiger partial charge is 0.332 e. The van der Waals surface area contributed by atoms with Gasteiger partial charge in [0, 0.05) is 12.7 Å². The molecule has 15 heavy (non-hydrogen) atoms. The van der Waals surface area contributed by atoms with Crippen molar-refractivity contribution in [1.29, 1.82) is 0 Å². The molecule has 0 aliphatic rings. The third kappa shape index (κ3) is 2.99. The molecule has 0 fully saturated rings. The van der Waals surface area contributed by atoms with Crippen LogP contribution in [0.15, 0.2) is 49.4 Å². The van der Waals surface area contributed by atoms with Gasteiger partial charge in [-0.1, -0.05) is 36.9 Å². The summed E-state index contributed by atoms with van der Waals surface area (Å²) in [5.74, 6) is 0. The molecule has 1 aromatic heterocycles. The minimum Gasteiger partial charge on any atom is -0.332 e. The van der Waals surface area contributed by atoms with Gasteiger partial charge >= 0.3 is 0 Å². The normalized spacial score (nSPS) is 9.33. The van der Waals surface area contributed by atoms with Gasteiger partial charge in [-0.05, 0) is 11.6 Å². The predicted molar refractivity (Wildman–Crippen MR) is 68.2 cm³/mol. The molecule has 0 N–H and O–H groups in total. The zero-order chi connectivity index (χ0) is 9.80. The van der Waals surface area contributed by atoms with Crippen LogP contribution in [-0.2, 0) is 6.54 Å². The van der Waals surface area contributed by atoms with Crippen molar-refractivity contribution in [1.82, 2.24) is 9.55 Å². The second-order valence-corrected chi connectivity index (χ2v) is 3.16. The lowest BCUT2D eigenvalue weighted by atomic mass is 10.2. The Hall–Kier alpha value is -1.48. The first-order chi connectivity index (χ1) is 6.88. The molecule has 0 spiro atoms. The molecular weight excluding hydrogens is 204 g/mol. The summed E-state index contributed by atoms with van der Waals surface area (Å²) in [4.78, 5) is 4.18. The summed E-state index contributed by atoms with van der Waals surface area (Å²) in [6.45, 7) is 4.54. The fraction of sp³-hybridized carbons (Fsp3) is 0.0833.